The Kier molecular flexibility index (Phi) is 4.87. The Labute approximate surface area is 189 Å². The molecule has 1 aromatic heterocycles. The van der Waals surface area contributed by atoms with Crippen LogP contribution in [-0.2, 0) is 9.53 Å². The van der Waals surface area contributed by atoms with Gasteiger partial charge in [-0.05, 0) is 48.5 Å². The van der Waals surface area contributed by atoms with E-state index in [9.17, 15) is 9.18 Å². The first-order valence-electron chi connectivity index (χ1n) is 12.2. The zero-order valence-electron chi connectivity index (χ0n) is 23.2. The van der Waals surface area contributed by atoms with Crippen LogP contribution in [0.2, 0.25) is 0 Å². The summed E-state index contributed by atoms with van der Waals surface area (Å²) in [5, 5.41) is 7.74. The maximum absolute atomic E-state index is 14.5. The van der Waals surface area contributed by atoms with E-state index in [-0.39, 0.29) is 28.9 Å². The van der Waals surface area contributed by atoms with Gasteiger partial charge in [0.05, 0.1) is 22.4 Å². The van der Waals surface area contributed by atoms with Crippen LogP contribution in [-0.4, -0.2) is 36.1 Å². The lowest BCUT2D eigenvalue weighted by Gasteiger charge is -2.11. The Bertz CT molecular complexity index is 1360. The summed E-state index contributed by atoms with van der Waals surface area (Å²) >= 11 is 0. The smallest absolute Gasteiger partial charge is 0.247 e. The van der Waals surface area contributed by atoms with Crippen LogP contribution in [0.15, 0.2) is 67.3 Å². The van der Waals surface area contributed by atoms with Gasteiger partial charge in [0.15, 0.2) is 11.6 Å². The molecule has 31 heavy (non-hydrogen) atoms. The third-order valence-electron chi connectivity index (χ3n) is 3.55. The van der Waals surface area contributed by atoms with Crippen LogP contribution in [0.25, 0.3) is 0 Å². The molecule has 160 valence electrons. The highest BCUT2D eigenvalue weighted by Crippen LogP contribution is 2.23. The third kappa shape index (κ3) is 6.51. The van der Waals surface area contributed by atoms with Gasteiger partial charge in [-0.3, -0.25) is 4.79 Å². The van der Waals surface area contributed by atoms with E-state index in [2.05, 4.69) is 37.2 Å². The normalized spacial score (nSPS) is 14.5. The van der Waals surface area contributed by atoms with Gasteiger partial charge < -0.3 is 25.4 Å². The van der Waals surface area contributed by atoms with Crippen molar-refractivity contribution >= 4 is 34.7 Å². The average molecular weight is 430 g/mol. The summed E-state index contributed by atoms with van der Waals surface area (Å²) < 4.78 is 78.6. The van der Waals surface area contributed by atoms with Gasteiger partial charge in [0.1, 0.15) is 12.3 Å². The lowest BCUT2D eigenvalue weighted by Crippen LogP contribution is -2.07. The molecule has 0 bridgehead atoms. The quantitative estimate of drug-likeness (QED) is 0.414. The van der Waals surface area contributed by atoms with Gasteiger partial charge in [-0.15, -0.1) is 0 Å². The summed E-state index contributed by atoms with van der Waals surface area (Å²) in [7, 11) is 1.01. The van der Waals surface area contributed by atoms with Gasteiger partial charge in [-0.2, -0.15) is 4.98 Å². The fourth-order valence-electron chi connectivity index (χ4n) is 2.20. The Morgan fingerprint density at radius 2 is 2.00 bits per heavy atom. The summed E-state index contributed by atoms with van der Waals surface area (Å²) in [5.74, 6) is -1.93. The number of ether oxygens (including phenoxy) is 2. The van der Waals surface area contributed by atoms with Crippen molar-refractivity contribution < 1.29 is 28.3 Å². The molecule has 3 aromatic rings. The summed E-state index contributed by atoms with van der Waals surface area (Å²) in [5.41, 5.74) is 0.213. The first-order chi connectivity index (χ1) is 17.8. The van der Waals surface area contributed by atoms with Gasteiger partial charge in [-0.25, -0.2) is 9.37 Å². The number of hydrogen-bond donors (Lipinski definition) is 3. The number of amides is 1. The van der Waals surface area contributed by atoms with Gasteiger partial charge >= 0.3 is 0 Å². The van der Waals surface area contributed by atoms with Gasteiger partial charge in [0.2, 0.25) is 11.9 Å². The molecule has 0 atom stereocenters. The number of carbonyl (C=O) groups excluding carboxylic acids is 1. The molecule has 0 fully saturated rings. The van der Waals surface area contributed by atoms with E-state index in [4.69, 9.17) is 14.3 Å². The Hall–Kier alpha value is -3.98. The van der Waals surface area contributed by atoms with E-state index in [0.717, 1.165) is 19.4 Å². The van der Waals surface area contributed by atoms with Crippen molar-refractivity contribution in [3.8, 4) is 5.75 Å². The first kappa shape index (κ1) is 14.1. The molecule has 0 saturated carbocycles. The lowest BCUT2D eigenvalue weighted by molar-refractivity contribution is -0.111. The molecular weight excluding hydrogens is 401 g/mol. The highest BCUT2D eigenvalue weighted by atomic mass is 19.1. The van der Waals surface area contributed by atoms with Crippen molar-refractivity contribution in [2.75, 3.05) is 36.2 Å². The fraction of sp³-hybridized carbons (Fsp3) is 0.136. The number of halogens is 1. The zero-order valence-corrected chi connectivity index (χ0v) is 16.2. The molecule has 0 radical (unpaired) electrons. The van der Waals surface area contributed by atoms with E-state index in [1.54, 1.807) is 0 Å². The van der Waals surface area contributed by atoms with Crippen molar-refractivity contribution in [2.24, 2.45) is 0 Å². The third-order valence-corrected chi connectivity index (χ3v) is 3.55. The van der Waals surface area contributed by atoms with E-state index < -0.39 is 43.0 Å². The van der Waals surface area contributed by atoms with Crippen molar-refractivity contribution in [1.82, 2.24) is 9.97 Å². The number of anilines is 5. The minimum Gasteiger partial charge on any atom is -0.491 e. The number of hydrogen-bond acceptors (Lipinski definition) is 7. The standard InChI is InChI=1S/C22H22FN5O3/c1-3-20(29)25-16-5-4-6-17(13-16)26-21-19(23)14-24-22(28-21)27-15-7-9-18(10-8-15)31-12-11-30-2/h3-10,13-14H,1,11-12H2,2H3,(H,25,29)(H2,24,26,27,28)/i4D,5D,6D,11D2,12D2. The van der Waals surface area contributed by atoms with Gasteiger partial charge in [0, 0.05) is 24.2 Å². The van der Waals surface area contributed by atoms with Crippen molar-refractivity contribution in [2.45, 2.75) is 0 Å². The van der Waals surface area contributed by atoms with Crippen molar-refractivity contribution in [3.05, 3.63) is 73.1 Å². The molecule has 0 aliphatic heterocycles. The molecule has 0 spiro atoms. The van der Waals surface area contributed by atoms with Crippen LogP contribution >= 0.6 is 0 Å². The molecule has 2 aromatic carbocycles. The van der Waals surface area contributed by atoms with Gasteiger partial charge in [0.25, 0.3) is 0 Å². The summed E-state index contributed by atoms with van der Waals surface area (Å²) in [6.45, 7) is -2.16. The minimum atomic E-state index is -2.78. The number of nitrogens with one attached hydrogen (secondary N) is 3. The van der Waals surface area contributed by atoms with Crippen molar-refractivity contribution in [1.29, 1.82) is 0 Å². The Balaban J connectivity index is 1.81. The molecule has 0 saturated heterocycles. The summed E-state index contributed by atoms with van der Waals surface area (Å²) in [6, 6.07) is 5.51. The molecule has 0 unspecified atom stereocenters. The summed E-state index contributed by atoms with van der Waals surface area (Å²) in [4.78, 5) is 19.5. The molecule has 8 nitrogen and oxygen atoms in total. The van der Waals surface area contributed by atoms with E-state index in [0.29, 0.717) is 5.69 Å². The highest BCUT2D eigenvalue weighted by molar-refractivity contribution is 5.99. The van der Waals surface area contributed by atoms with Crippen LogP contribution in [0.5, 0.6) is 5.75 Å². The summed E-state index contributed by atoms with van der Waals surface area (Å²) in [6.07, 6.45) is 1.83. The second kappa shape index (κ2) is 10.7. The molecule has 0 aliphatic carbocycles. The predicted molar refractivity (Wildman–Crippen MR) is 118 cm³/mol. The maximum Gasteiger partial charge on any atom is 0.247 e. The molecule has 1 heterocycles. The number of nitrogens with zero attached hydrogens (tertiary/aromatic N) is 2. The lowest BCUT2D eigenvalue weighted by atomic mass is 10.2. The number of benzene rings is 2. The second-order valence-electron chi connectivity index (χ2n) is 5.71. The second-order valence-corrected chi connectivity index (χ2v) is 5.71. The minimum absolute atomic E-state index is 0.00946. The Morgan fingerprint density at radius 1 is 1.23 bits per heavy atom. The predicted octanol–water partition coefficient (Wildman–Crippen LogP) is 4.25. The van der Waals surface area contributed by atoms with Crippen LogP contribution in [0.3, 0.4) is 0 Å². The zero-order chi connectivity index (χ0) is 28.3. The molecule has 3 N–H and O–H groups in total. The number of rotatable bonds is 10. The maximum atomic E-state index is 14.5. The fourth-order valence-corrected chi connectivity index (χ4v) is 2.20. The van der Waals surface area contributed by atoms with Crippen LogP contribution in [0.1, 0.15) is 9.60 Å². The number of carbonyl (C=O) groups is 1. The average Bonchev–Trinajstić information content (AvgIpc) is 2.88. The molecule has 0 aliphatic rings. The molecule has 3 rings (SSSR count). The molecule has 9 heteroatoms. The van der Waals surface area contributed by atoms with Gasteiger partial charge in [-0.1, -0.05) is 12.6 Å². The van der Waals surface area contributed by atoms with Crippen molar-refractivity contribution in [3.63, 3.8) is 0 Å². The SMILES string of the molecule is [2H]c1c(NC(=O)C=C)cc(Nc2nc(Nc3ccc(OC([2H])([2H])C([2H])([2H])OC)cc3)ncc2F)c([2H])c1[2H]. The topological polar surface area (TPSA) is 97.4 Å². The van der Waals surface area contributed by atoms with Crippen LogP contribution in [0.4, 0.5) is 33.2 Å². The monoisotopic (exact) mass is 430 g/mol. The largest absolute Gasteiger partial charge is 0.491 e. The van der Waals surface area contributed by atoms with Crippen LogP contribution < -0.4 is 20.7 Å². The Morgan fingerprint density at radius 3 is 2.74 bits per heavy atom. The number of methoxy groups -OCH3 is 1. The van der Waals surface area contributed by atoms with E-state index in [1.807, 2.05) is 0 Å². The highest BCUT2D eigenvalue weighted by Gasteiger charge is 2.09. The molecular formula is C22H22FN5O3. The van der Waals surface area contributed by atoms with Crippen LogP contribution in [0, 0.1) is 5.82 Å². The van der Waals surface area contributed by atoms with E-state index >= 15 is 0 Å². The molecule has 1 amide bonds. The number of aromatic nitrogens is 2. The van der Waals surface area contributed by atoms with E-state index in [1.165, 1.54) is 30.3 Å². The first-order valence-corrected chi connectivity index (χ1v) is 8.73.